The highest BCUT2D eigenvalue weighted by Gasteiger charge is 2.31. The van der Waals surface area contributed by atoms with E-state index in [4.69, 9.17) is 5.11 Å². The van der Waals surface area contributed by atoms with E-state index in [1.165, 1.54) is 26.2 Å². The fourth-order valence-corrected chi connectivity index (χ4v) is 2.85. The number of carboxylic acid groups (broad SMARTS) is 1. The minimum absolute atomic E-state index is 0.255. The summed E-state index contributed by atoms with van der Waals surface area (Å²) in [5.74, 6) is -1.000. The minimum Gasteiger partial charge on any atom is -0.480 e. The normalized spacial score (nSPS) is 26.2. The molecule has 0 aliphatic carbocycles. The summed E-state index contributed by atoms with van der Waals surface area (Å²) < 4.78 is 0. The first kappa shape index (κ1) is 14.1. The number of carbonyl (C=O) groups excluding carboxylic acids is 1. The lowest BCUT2D eigenvalue weighted by molar-refractivity contribution is -0.138. The molecule has 2 fully saturated rings. The molecule has 0 bridgehead atoms. The average Bonchev–Trinajstić information content (AvgIpc) is 2.89. The number of hydrogen-bond acceptors (Lipinski definition) is 3. The minimum atomic E-state index is -1.000. The lowest BCUT2D eigenvalue weighted by Gasteiger charge is -2.32. The van der Waals surface area contributed by atoms with E-state index < -0.39 is 12.0 Å². The van der Waals surface area contributed by atoms with Crippen LogP contribution in [0.3, 0.4) is 0 Å². The number of amides is 2. The molecule has 2 atom stereocenters. The summed E-state index contributed by atoms with van der Waals surface area (Å²) in [5, 5.41) is 11.3. The van der Waals surface area contributed by atoms with Gasteiger partial charge in [-0.15, -0.1) is 0 Å². The Kier molecular flexibility index (Phi) is 4.63. The fourth-order valence-electron chi connectivity index (χ4n) is 2.85. The second-order valence-corrected chi connectivity index (χ2v) is 5.49. The molecule has 6 nitrogen and oxygen atoms in total. The van der Waals surface area contributed by atoms with Gasteiger partial charge in [0.2, 0.25) is 0 Å². The van der Waals surface area contributed by atoms with Crippen LogP contribution in [0.5, 0.6) is 0 Å². The summed E-state index contributed by atoms with van der Waals surface area (Å²) in [7, 11) is 0. The Hall–Kier alpha value is -1.30. The zero-order valence-electron chi connectivity index (χ0n) is 11.5. The predicted octanol–water partition coefficient (Wildman–Crippen LogP) is 0.729. The van der Waals surface area contributed by atoms with Crippen LogP contribution in [0.25, 0.3) is 0 Å². The SMILES string of the molecule is CC(NC(=O)N1CCC(N2CCCCC2)C1)C(=O)O. The molecule has 2 aliphatic rings. The fraction of sp³-hybridized carbons (Fsp3) is 0.846. The molecule has 2 N–H and O–H groups in total. The second-order valence-electron chi connectivity index (χ2n) is 5.49. The highest BCUT2D eigenvalue weighted by molar-refractivity contribution is 5.82. The van der Waals surface area contributed by atoms with Gasteiger partial charge in [0.25, 0.3) is 0 Å². The molecule has 0 radical (unpaired) electrons. The van der Waals surface area contributed by atoms with Crippen molar-refractivity contribution in [3.63, 3.8) is 0 Å². The number of nitrogens with zero attached hydrogens (tertiary/aromatic N) is 2. The predicted molar refractivity (Wildman–Crippen MR) is 71.0 cm³/mol. The average molecular weight is 269 g/mol. The Balaban J connectivity index is 1.80. The largest absolute Gasteiger partial charge is 0.480 e. The van der Waals surface area contributed by atoms with Crippen LogP contribution in [0.4, 0.5) is 4.79 Å². The molecule has 108 valence electrons. The van der Waals surface area contributed by atoms with Gasteiger partial charge in [-0.05, 0) is 39.3 Å². The molecule has 0 spiro atoms. The van der Waals surface area contributed by atoms with E-state index in [0.29, 0.717) is 6.04 Å². The van der Waals surface area contributed by atoms with E-state index in [1.807, 2.05) is 0 Å². The number of urea groups is 1. The molecule has 2 amide bonds. The van der Waals surface area contributed by atoms with Gasteiger partial charge in [0, 0.05) is 19.1 Å². The Morgan fingerprint density at radius 2 is 1.89 bits per heavy atom. The lowest BCUT2D eigenvalue weighted by atomic mass is 10.1. The van der Waals surface area contributed by atoms with E-state index in [1.54, 1.807) is 4.90 Å². The molecule has 0 saturated carbocycles. The Labute approximate surface area is 113 Å². The molecule has 0 aromatic heterocycles. The molecule has 0 aromatic rings. The van der Waals surface area contributed by atoms with E-state index in [-0.39, 0.29) is 6.03 Å². The number of aliphatic carboxylic acids is 1. The monoisotopic (exact) mass is 269 g/mol. The summed E-state index contributed by atoms with van der Waals surface area (Å²) in [6.45, 7) is 5.19. The smallest absolute Gasteiger partial charge is 0.325 e. The summed E-state index contributed by atoms with van der Waals surface area (Å²) in [6.07, 6.45) is 4.80. The molecule has 6 heteroatoms. The van der Waals surface area contributed by atoms with Crippen molar-refractivity contribution >= 4 is 12.0 Å². The van der Waals surface area contributed by atoms with Crippen molar-refractivity contribution in [3.8, 4) is 0 Å². The summed E-state index contributed by atoms with van der Waals surface area (Å²) in [6, 6.07) is -0.637. The molecular weight excluding hydrogens is 246 g/mol. The third-order valence-corrected chi connectivity index (χ3v) is 4.07. The summed E-state index contributed by atoms with van der Waals surface area (Å²) >= 11 is 0. The van der Waals surface area contributed by atoms with Crippen LogP contribution in [-0.2, 0) is 4.79 Å². The van der Waals surface area contributed by atoms with Crippen LogP contribution in [-0.4, -0.2) is 65.2 Å². The van der Waals surface area contributed by atoms with Crippen molar-refractivity contribution < 1.29 is 14.7 Å². The van der Waals surface area contributed by atoms with Gasteiger partial charge in [0.05, 0.1) is 0 Å². The van der Waals surface area contributed by atoms with Gasteiger partial charge in [0.15, 0.2) is 0 Å². The molecule has 2 heterocycles. The molecule has 2 rings (SSSR count). The standard InChI is InChI=1S/C13H23N3O3/c1-10(12(17)18)14-13(19)16-8-5-11(9-16)15-6-3-2-4-7-15/h10-11H,2-9H2,1H3,(H,14,19)(H,17,18). The highest BCUT2D eigenvalue weighted by Crippen LogP contribution is 2.20. The molecule has 0 aromatic carbocycles. The summed E-state index contributed by atoms with van der Waals surface area (Å²) in [5.41, 5.74) is 0. The molecule has 19 heavy (non-hydrogen) atoms. The zero-order valence-corrected chi connectivity index (χ0v) is 11.5. The van der Waals surface area contributed by atoms with E-state index >= 15 is 0 Å². The van der Waals surface area contributed by atoms with E-state index in [9.17, 15) is 9.59 Å². The van der Waals surface area contributed by atoms with Crippen LogP contribution in [0.2, 0.25) is 0 Å². The van der Waals surface area contributed by atoms with Gasteiger partial charge in [-0.2, -0.15) is 0 Å². The number of hydrogen-bond donors (Lipinski definition) is 2. The maximum atomic E-state index is 11.9. The number of nitrogens with one attached hydrogen (secondary N) is 1. The van der Waals surface area contributed by atoms with Crippen molar-refractivity contribution in [3.05, 3.63) is 0 Å². The topological polar surface area (TPSA) is 72.9 Å². The quantitative estimate of drug-likeness (QED) is 0.792. The van der Waals surface area contributed by atoms with Crippen LogP contribution in [0, 0.1) is 0 Å². The van der Waals surface area contributed by atoms with Crippen molar-refractivity contribution in [2.24, 2.45) is 0 Å². The first-order valence-electron chi connectivity index (χ1n) is 7.10. The molecular formula is C13H23N3O3. The van der Waals surface area contributed by atoms with Gasteiger partial charge in [-0.25, -0.2) is 4.79 Å². The Bertz CT molecular complexity index is 342. The van der Waals surface area contributed by atoms with Crippen LogP contribution in [0.15, 0.2) is 0 Å². The van der Waals surface area contributed by atoms with E-state index in [0.717, 1.165) is 32.6 Å². The number of likely N-dealkylation sites (tertiary alicyclic amines) is 2. The zero-order chi connectivity index (χ0) is 13.8. The van der Waals surface area contributed by atoms with E-state index in [2.05, 4.69) is 10.2 Å². The van der Waals surface area contributed by atoms with Crippen LogP contribution in [0.1, 0.15) is 32.6 Å². The van der Waals surface area contributed by atoms with Gasteiger partial charge in [-0.3, -0.25) is 9.69 Å². The third-order valence-electron chi connectivity index (χ3n) is 4.07. The highest BCUT2D eigenvalue weighted by atomic mass is 16.4. The first-order chi connectivity index (χ1) is 9.08. The van der Waals surface area contributed by atoms with Crippen LogP contribution >= 0.6 is 0 Å². The van der Waals surface area contributed by atoms with Gasteiger partial charge < -0.3 is 15.3 Å². The number of piperidine rings is 1. The summed E-state index contributed by atoms with van der Waals surface area (Å²) in [4.78, 5) is 26.8. The number of rotatable bonds is 3. The maximum absolute atomic E-state index is 11.9. The first-order valence-corrected chi connectivity index (χ1v) is 7.10. The Morgan fingerprint density at radius 3 is 2.53 bits per heavy atom. The molecule has 2 unspecified atom stereocenters. The molecule has 2 saturated heterocycles. The Morgan fingerprint density at radius 1 is 1.21 bits per heavy atom. The van der Waals surface area contributed by atoms with Crippen molar-refractivity contribution in [1.29, 1.82) is 0 Å². The lowest BCUT2D eigenvalue weighted by Crippen LogP contribution is -2.47. The number of carboxylic acids is 1. The van der Waals surface area contributed by atoms with Crippen molar-refractivity contribution in [1.82, 2.24) is 15.1 Å². The molecule has 2 aliphatic heterocycles. The van der Waals surface area contributed by atoms with Gasteiger partial charge in [0.1, 0.15) is 6.04 Å². The van der Waals surface area contributed by atoms with Gasteiger partial charge in [-0.1, -0.05) is 6.42 Å². The number of carbonyl (C=O) groups is 2. The maximum Gasteiger partial charge on any atom is 0.325 e. The second kappa shape index (κ2) is 6.23. The van der Waals surface area contributed by atoms with Crippen molar-refractivity contribution in [2.75, 3.05) is 26.2 Å². The van der Waals surface area contributed by atoms with Crippen LogP contribution < -0.4 is 5.32 Å². The van der Waals surface area contributed by atoms with Crippen molar-refractivity contribution in [2.45, 2.75) is 44.7 Å². The van der Waals surface area contributed by atoms with Gasteiger partial charge >= 0.3 is 12.0 Å². The third kappa shape index (κ3) is 3.59.